The monoisotopic (exact) mass is 353 g/mol. The molecule has 0 bridgehead atoms. The van der Waals surface area contributed by atoms with E-state index in [1.807, 2.05) is 18.2 Å². The SMILES string of the molecule is NCCc1nc(C(=O)Nc2cccc3n[se]nc23)cs1. The predicted octanol–water partition coefficient (Wildman–Crippen LogP) is 0.897. The van der Waals surface area contributed by atoms with E-state index in [-0.39, 0.29) is 20.9 Å². The van der Waals surface area contributed by atoms with Crippen LogP contribution in [0.25, 0.3) is 11.0 Å². The van der Waals surface area contributed by atoms with Gasteiger partial charge in [0.2, 0.25) is 0 Å². The predicted molar refractivity (Wildman–Crippen MR) is 79.3 cm³/mol. The molecule has 0 aliphatic carbocycles. The van der Waals surface area contributed by atoms with Gasteiger partial charge in [-0.25, -0.2) is 0 Å². The molecule has 0 unspecified atom stereocenters. The number of fused-ring (bicyclic) bond motifs is 1. The number of amides is 1. The van der Waals surface area contributed by atoms with Crippen LogP contribution in [0.4, 0.5) is 5.69 Å². The number of carbonyl (C=O) groups excluding carboxylic acids is 1. The van der Waals surface area contributed by atoms with E-state index in [2.05, 4.69) is 18.3 Å². The number of anilines is 1. The van der Waals surface area contributed by atoms with Gasteiger partial charge in [0, 0.05) is 0 Å². The Balaban J connectivity index is 1.83. The van der Waals surface area contributed by atoms with Gasteiger partial charge in [0.15, 0.2) is 0 Å². The summed E-state index contributed by atoms with van der Waals surface area (Å²) in [6.45, 7) is 0.531. The summed E-state index contributed by atoms with van der Waals surface area (Å²) in [6.07, 6.45) is 0.690. The van der Waals surface area contributed by atoms with Crippen LogP contribution in [0.15, 0.2) is 23.6 Å². The summed E-state index contributed by atoms with van der Waals surface area (Å²) in [5, 5.41) is 5.46. The number of carbonyl (C=O) groups is 1. The molecule has 0 aliphatic rings. The van der Waals surface area contributed by atoms with Crippen LogP contribution in [0, 0.1) is 0 Å². The molecule has 3 aromatic rings. The van der Waals surface area contributed by atoms with Crippen molar-refractivity contribution in [2.75, 3.05) is 11.9 Å². The van der Waals surface area contributed by atoms with E-state index in [4.69, 9.17) is 5.73 Å². The number of hydrogen-bond donors (Lipinski definition) is 2. The molecule has 2 heterocycles. The molecule has 3 N–H and O–H groups in total. The first kappa shape index (κ1) is 13.4. The van der Waals surface area contributed by atoms with Crippen molar-refractivity contribution in [2.45, 2.75) is 6.42 Å². The standard InChI is InChI=1S/C12H11N5OSSe/c13-5-4-10-14-9(6-19-10)12(18)15-7-2-1-3-8-11(7)17-20-16-8/h1-3,6H,4-5,13H2,(H,15,18). The summed E-state index contributed by atoms with van der Waals surface area (Å²) in [6, 6.07) is 5.57. The molecule has 0 spiro atoms. The van der Waals surface area contributed by atoms with Gasteiger partial charge in [-0.2, -0.15) is 0 Å². The molecule has 0 saturated heterocycles. The molecular weight excluding hydrogens is 341 g/mol. The minimum absolute atomic E-state index is 0.113. The van der Waals surface area contributed by atoms with Crippen molar-refractivity contribution in [3.8, 4) is 0 Å². The van der Waals surface area contributed by atoms with E-state index in [9.17, 15) is 4.79 Å². The van der Waals surface area contributed by atoms with E-state index in [0.717, 1.165) is 16.0 Å². The van der Waals surface area contributed by atoms with Crippen molar-refractivity contribution in [1.29, 1.82) is 0 Å². The maximum atomic E-state index is 12.2. The second kappa shape index (κ2) is 5.80. The van der Waals surface area contributed by atoms with Gasteiger partial charge in [-0.05, 0) is 0 Å². The molecule has 102 valence electrons. The molecular formula is C12H11N5OSSe. The summed E-state index contributed by atoms with van der Waals surface area (Å²) in [4.78, 5) is 16.4. The molecule has 6 nitrogen and oxygen atoms in total. The van der Waals surface area contributed by atoms with Gasteiger partial charge in [-0.3, -0.25) is 0 Å². The second-order valence-electron chi connectivity index (χ2n) is 4.06. The Morgan fingerprint density at radius 3 is 3.15 bits per heavy atom. The summed E-state index contributed by atoms with van der Waals surface area (Å²) >= 11 is 1.33. The van der Waals surface area contributed by atoms with E-state index in [0.29, 0.717) is 24.3 Å². The number of nitrogens with zero attached hydrogens (tertiary/aromatic N) is 3. The van der Waals surface area contributed by atoms with Crippen LogP contribution in [-0.2, 0) is 6.42 Å². The fraction of sp³-hybridized carbons (Fsp3) is 0.167. The van der Waals surface area contributed by atoms with Crippen molar-refractivity contribution in [3.05, 3.63) is 34.3 Å². The molecule has 0 aliphatic heterocycles. The van der Waals surface area contributed by atoms with Crippen molar-refractivity contribution < 1.29 is 4.79 Å². The van der Waals surface area contributed by atoms with Gasteiger partial charge in [-0.15, -0.1) is 0 Å². The molecule has 0 atom stereocenters. The van der Waals surface area contributed by atoms with Crippen LogP contribution in [0.3, 0.4) is 0 Å². The number of nitrogens with one attached hydrogen (secondary N) is 1. The maximum absolute atomic E-state index is 12.2. The molecule has 20 heavy (non-hydrogen) atoms. The van der Waals surface area contributed by atoms with Gasteiger partial charge in [0.05, 0.1) is 0 Å². The summed E-state index contributed by atoms with van der Waals surface area (Å²) in [5.41, 5.74) is 8.17. The second-order valence-corrected chi connectivity index (χ2v) is 6.11. The van der Waals surface area contributed by atoms with Crippen molar-refractivity contribution in [2.24, 2.45) is 5.73 Å². The van der Waals surface area contributed by atoms with E-state index >= 15 is 0 Å². The summed E-state index contributed by atoms with van der Waals surface area (Å²) in [7, 11) is 0. The van der Waals surface area contributed by atoms with E-state index in [1.165, 1.54) is 11.3 Å². The first-order valence-corrected chi connectivity index (χ1v) is 8.36. The fourth-order valence-electron chi connectivity index (χ4n) is 1.75. The first-order valence-electron chi connectivity index (χ1n) is 5.95. The molecule has 3 rings (SSSR count). The van der Waals surface area contributed by atoms with Crippen molar-refractivity contribution in [3.63, 3.8) is 0 Å². The molecule has 8 heteroatoms. The number of thiazole rings is 1. The molecule has 1 aromatic carbocycles. The minimum atomic E-state index is -0.229. The average Bonchev–Trinajstić information content (AvgIpc) is 3.08. The van der Waals surface area contributed by atoms with Crippen molar-refractivity contribution >= 4 is 48.9 Å². The fourth-order valence-corrected chi connectivity index (χ4v) is 3.69. The van der Waals surface area contributed by atoms with Crippen LogP contribution in [0.2, 0.25) is 0 Å². The zero-order valence-electron chi connectivity index (χ0n) is 10.4. The van der Waals surface area contributed by atoms with Crippen LogP contribution in [0.5, 0.6) is 0 Å². The third-order valence-corrected chi connectivity index (χ3v) is 4.72. The van der Waals surface area contributed by atoms with Gasteiger partial charge in [0.1, 0.15) is 0 Å². The Morgan fingerprint density at radius 1 is 1.40 bits per heavy atom. The van der Waals surface area contributed by atoms with E-state index < -0.39 is 0 Å². The number of rotatable bonds is 4. The Morgan fingerprint density at radius 2 is 2.30 bits per heavy atom. The third-order valence-electron chi connectivity index (χ3n) is 2.68. The Labute approximate surface area is 125 Å². The zero-order valence-corrected chi connectivity index (χ0v) is 12.9. The van der Waals surface area contributed by atoms with Crippen molar-refractivity contribution in [1.82, 2.24) is 12.9 Å². The Bertz CT molecular complexity index is 753. The van der Waals surface area contributed by atoms with E-state index in [1.54, 1.807) is 5.38 Å². The molecule has 2 aromatic heterocycles. The van der Waals surface area contributed by atoms with Crippen LogP contribution >= 0.6 is 11.3 Å². The van der Waals surface area contributed by atoms with Crippen LogP contribution in [0.1, 0.15) is 15.5 Å². The summed E-state index contributed by atoms with van der Waals surface area (Å²) in [5.74, 6) is -0.229. The normalized spacial score (nSPS) is 10.8. The zero-order chi connectivity index (χ0) is 13.9. The topological polar surface area (TPSA) is 93.8 Å². The Hall–Kier alpha value is -1.60. The molecule has 0 fully saturated rings. The third kappa shape index (κ3) is 2.64. The first-order chi connectivity index (χ1) is 9.78. The summed E-state index contributed by atoms with van der Waals surface area (Å²) < 4.78 is 8.61. The molecule has 0 saturated carbocycles. The van der Waals surface area contributed by atoms with Gasteiger partial charge >= 0.3 is 125 Å². The molecule has 1 amide bonds. The number of benzene rings is 1. The molecule has 0 radical (unpaired) electrons. The number of aromatic nitrogens is 3. The van der Waals surface area contributed by atoms with Crippen LogP contribution in [-0.4, -0.2) is 40.4 Å². The number of hydrogen-bond acceptors (Lipinski definition) is 6. The van der Waals surface area contributed by atoms with Gasteiger partial charge in [-0.1, -0.05) is 0 Å². The average molecular weight is 352 g/mol. The Kier molecular flexibility index (Phi) is 3.88. The van der Waals surface area contributed by atoms with Gasteiger partial charge in [0.25, 0.3) is 0 Å². The van der Waals surface area contributed by atoms with Crippen LogP contribution < -0.4 is 11.1 Å². The van der Waals surface area contributed by atoms with Gasteiger partial charge < -0.3 is 0 Å². The number of nitrogens with two attached hydrogens (primary N) is 1. The quantitative estimate of drug-likeness (QED) is 0.681.